The molecule has 5 nitrogen and oxygen atoms in total. The molecule has 2 N–H and O–H groups in total. The molecule has 1 aromatic heterocycles. The van der Waals surface area contributed by atoms with Crippen molar-refractivity contribution in [3.8, 4) is 5.75 Å². The van der Waals surface area contributed by atoms with Crippen LogP contribution >= 0.6 is 11.3 Å². The summed E-state index contributed by atoms with van der Waals surface area (Å²) in [7, 11) is 0. The molecule has 22 heavy (non-hydrogen) atoms. The standard InChI is InChI=1S/C16H18N2O3S/c1-11(2)10-21-13-7-5-12(6-8-13)15(19)17-18-16(20)14-4-3-9-22-14/h3-9,11H,10H2,1-2H3,(H,17,19)(H,18,20). The first kappa shape index (κ1) is 16.0. The SMILES string of the molecule is CC(C)COc1ccc(C(=O)NNC(=O)c2cccs2)cc1. The van der Waals surface area contributed by atoms with E-state index in [1.807, 2.05) is 0 Å². The maximum absolute atomic E-state index is 11.9. The molecule has 0 aliphatic rings. The average Bonchev–Trinajstić information content (AvgIpc) is 3.05. The Morgan fingerprint density at radius 1 is 1.09 bits per heavy atom. The molecular weight excluding hydrogens is 300 g/mol. The lowest BCUT2D eigenvalue weighted by Crippen LogP contribution is -2.41. The van der Waals surface area contributed by atoms with Crippen molar-refractivity contribution in [1.29, 1.82) is 0 Å². The van der Waals surface area contributed by atoms with Crippen LogP contribution in [0.5, 0.6) is 5.75 Å². The molecule has 0 saturated carbocycles. The summed E-state index contributed by atoms with van der Waals surface area (Å²) >= 11 is 1.31. The lowest BCUT2D eigenvalue weighted by Gasteiger charge is -2.09. The molecule has 1 heterocycles. The molecule has 2 rings (SSSR count). The van der Waals surface area contributed by atoms with E-state index in [1.165, 1.54) is 11.3 Å². The minimum absolute atomic E-state index is 0.333. The second-order valence-corrected chi connectivity index (χ2v) is 6.06. The summed E-state index contributed by atoms with van der Waals surface area (Å²) in [5.74, 6) is 0.448. The number of ether oxygens (including phenoxy) is 1. The molecule has 0 bridgehead atoms. The molecule has 0 unspecified atom stereocenters. The van der Waals surface area contributed by atoms with Crippen molar-refractivity contribution in [2.24, 2.45) is 5.92 Å². The molecule has 0 spiro atoms. The van der Waals surface area contributed by atoms with Gasteiger partial charge in [0.05, 0.1) is 11.5 Å². The number of hydrogen-bond acceptors (Lipinski definition) is 4. The van der Waals surface area contributed by atoms with Crippen LogP contribution in [0.1, 0.15) is 33.9 Å². The number of thiophene rings is 1. The quantitative estimate of drug-likeness (QED) is 0.833. The third-order valence-electron chi connectivity index (χ3n) is 2.73. The van der Waals surface area contributed by atoms with Crippen molar-refractivity contribution in [1.82, 2.24) is 10.9 Å². The van der Waals surface area contributed by atoms with E-state index >= 15 is 0 Å². The predicted molar refractivity (Wildman–Crippen MR) is 86.0 cm³/mol. The summed E-state index contributed by atoms with van der Waals surface area (Å²) < 4.78 is 5.55. The van der Waals surface area contributed by atoms with Crippen LogP contribution in [-0.2, 0) is 0 Å². The van der Waals surface area contributed by atoms with Gasteiger partial charge in [-0.15, -0.1) is 11.3 Å². The van der Waals surface area contributed by atoms with E-state index in [2.05, 4.69) is 24.7 Å². The van der Waals surface area contributed by atoms with Gasteiger partial charge in [0.2, 0.25) is 0 Å². The normalized spacial score (nSPS) is 10.3. The topological polar surface area (TPSA) is 67.4 Å². The van der Waals surface area contributed by atoms with E-state index in [4.69, 9.17) is 4.74 Å². The lowest BCUT2D eigenvalue weighted by atomic mass is 10.2. The number of benzene rings is 1. The Morgan fingerprint density at radius 3 is 2.36 bits per heavy atom. The van der Waals surface area contributed by atoms with Crippen molar-refractivity contribution in [3.05, 3.63) is 52.2 Å². The van der Waals surface area contributed by atoms with Crippen LogP contribution in [0.4, 0.5) is 0 Å². The Balaban J connectivity index is 1.86. The van der Waals surface area contributed by atoms with Crippen molar-refractivity contribution in [2.45, 2.75) is 13.8 Å². The van der Waals surface area contributed by atoms with Crippen molar-refractivity contribution in [2.75, 3.05) is 6.61 Å². The van der Waals surface area contributed by atoms with E-state index in [1.54, 1.807) is 41.8 Å². The number of carbonyl (C=O) groups excluding carboxylic acids is 2. The predicted octanol–water partition coefficient (Wildman–Crippen LogP) is 2.86. The van der Waals surface area contributed by atoms with Crippen LogP contribution in [0.3, 0.4) is 0 Å². The minimum atomic E-state index is -0.375. The zero-order chi connectivity index (χ0) is 15.9. The second-order valence-electron chi connectivity index (χ2n) is 5.11. The van der Waals surface area contributed by atoms with Gasteiger partial charge in [0.25, 0.3) is 11.8 Å². The molecule has 2 aromatic rings. The first-order valence-electron chi connectivity index (χ1n) is 6.93. The molecule has 2 amide bonds. The minimum Gasteiger partial charge on any atom is -0.493 e. The molecule has 0 atom stereocenters. The van der Waals surface area contributed by atoms with Crippen molar-refractivity contribution in [3.63, 3.8) is 0 Å². The van der Waals surface area contributed by atoms with Gasteiger partial charge in [-0.2, -0.15) is 0 Å². The molecule has 1 aromatic carbocycles. The molecule has 116 valence electrons. The Bertz CT molecular complexity index is 621. The summed E-state index contributed by atoms with van der Waals surface area (Å²) in [5, 5.41) is 1.80. The Labute approximate surface area is 133 Å². The third kappa shape index (κ3) is 4.60. The van der Waals surface area contributed by atoms with E-state index in [0.717, 1.165) is 0 Å². The van der Waals surface area contributed by atoms with Gasteiger partial charge >= 0.3 is 0 Å². The molecular formula is C16H18N2O3S. The van der Waals surface area contributed by atoms with Crippen LogP contribution in [0.15, 0.2) is 41.8 Å². The largest absolute Gasteiger partial charge is 0.493 e. The number of rotatable bonds is 5. The number of hydrogen-bond donors (Lipinski definition) is 2. The number of hydrazine groups is 1. The van der Waals surface area contributed by atoms with Crippen LogP contribution in [0.2, 0.25) is 0 Å². The van der Waals surface area contributed by atoms with E-state index in [-0.39, 0.29) is 11.8 Å². The third-order valence-corrected chi connectivity index (χ3v) is 3.60. The highest BCUT2D eigenvalue weighted by Crippen LogP contribution is 2.13. The molecule has 0 fully saturated rings. The highest BCUT2D eigenvalue weighted by atomic mass is 32.1. The fraction of sp³-hybridized carbons (Fsp3) is 0.250. The maximum Gasteiger partial charge on any atom is 0.279 e. The second kappa shape index (κ2) is 7.61. The fourth-order valence-corrected chi connectivity index (χ4v) is 2.24. The molecule has 0 saturated heterocycles. The van der Waals surface area contributed by atoms with Gasteiger partial charge in [0.1, 0.15) is 5.75 Å². The highest BCUT2D eigenvalue weighted by Gasteiger charge is 2.09. The van der Waals surface area contributed by atoms with E-state index < -0.39 is 0 Å². The molecule has 0 radical (unpaired) electrons. The van der Waals surface area contributed by atoms with E-state index in [0.29, 0.717) is 28.7 Å². The van der Waals surface area contributed by atoms with Crippen molar-refractivity contribution < 1.29 is 14.3 Å². The molecule has 0 aliphatic carbocycles. The Hall–Kier alpha value is -2.34. The number of carbonyl (C=O) groups is 2. The van der Waals surface area contributed by atoms with E-state index in [9.17, 15) is 9.59 Å². The van der Waals surface area contributed by atoms with Crippen LogP contribution in [-0.4, -0.2) is 18.4 Å². The highest BCUT2D eigenvalue weighted by molar-refractivity contribution is 7.12. The number of nitrogens with one attached hydrogen (secondary N) is 2. The summed E-state index contributed by atoms with van der Waals surface area (Å²) in [6.45, 7) is 4.76. The lowest BCUT2D eigenvalue weighted by molar-refractivity contribution is 0.0849. The van der Waals surface area contributed by atoms with Crippen molar-refractivity contribution >= 4 is 23.2 Å². The first-order valence-corrected chi connectivity index (χ1v) is 7.81. The van der Waals surface area contributed by atoms with Gasteiger partial charge < -0.3 is 4.74 Å². The van der Waals surface area contributed by atoms with Gasteiger partial charge in [-0.3, -0.25) is 20.4 Å². The van der Waals surface area contributed by atoms with Crippen LogP contribution in [0, 0.1) is 5.92 Å². The fourth-order valence-electron chi connectivity index (χ4n) is 1.62. The monoisotopic (exact) mass is 318 g/mol. The first-order chi connectivity index (χ1) is 10.6. The van der Waals surface area contributed by atoms with Crippen LogP contribution < -0.4 is 15.6 Å². The zero-order valence-electron chi connectivity index (χ0n) is 12.5. The van der Waals surface area contributed by atoms with Crippen LogP contribution in [0.25, 0.3) is 0 Å². The summed E-state index contributed by atoms with van der Waals surface area (Å²) in [6, 6.07) is 10.2. The maximum atomic E-state index is 11.9. The van der Waals surface area contributed by atoms with Gasteiger partial charge in [0.15, 0.2) is 0 Å². The average molecular weight is 318 g/mol. The molecule has 6 heteroatoms. The molecule has 0 aliphatic heterocycles. The van der Waals surface area contributed by atoms with Gasteiger partial charge in [-0.1, -0.05) is 19.9 Å². The summed E-state index contributed by atoms with van der Waals surface area (Å²) in [4.78, 5) is 24.2. The van der Waals surface area contributed by atoms with Gasteiger partial charge in [0, 0.05) is 5.56 Å². The summed E-state index contributed by atoms with van der Waals surface area (Å²) in [6.07, 6.45) is 0. The van der Waals surface area contributed by atoms with Gasteiger partial charge in [-0.05, 0) is 41.6 Å². The Kier molecular flexibility index (Phi) is 5.55. The Morgan fingerprint density at radius 2 is 1.77 bits per heavy atom. The zero-order valence-corrected chi connectivity index (χ0v) is 13.3. The van der Waals surface area contributed by atoms with Gasteiger partial charge in [-0.25, -0.2) is 0 Å². The smallest absolute Gasteiger partial charge is 0.279 e. The number of amides is 2. The summed E-state index contributed by atoms with van der Waals surface area (Å²) in [5.41, 5.74) is 5.21.